The van der Waals surface area contributed by atoms with Gasteiger partial charge in [0.05, 0.1) is 0 Å². The quantitative estimate of drug-likeness (QED) is 0.701. The molecule has 1 amide bonds. The van der Waals surface area contributed by atoms with Gasteiger partial charge >= 0.3 is 0 Å². The zero-order valence-electron chi connectivity index (χ0n) is 13.7. The van der Waals surface area contributed by atoms with Gasteiger partial charge in [-0.15, -0.1) is 0 Å². The van der Waals surface area contributed by atoms with Crippen LogP contribution in [0.15, 0.2) is 55.0 Å². The van der Waals surface area contributed by atoms with Crippen molar-refractivity contribution >= 4 is 22.7 Å². The summed E-state index contributed by atoms with van der Waals surface area (Å²) in [5.41, 5.74) is 2.91. The zero-order chi connectivity index (χ0) is 16.9. The van der Waals surface area contributed by atoms with Gasteiger partial charge in [-0.2, -0.15) is 0 Å². The van der Waals surface area contributed by atoms with Gasteiger partial charge in [-0.05, 0) is 48.4 Å². The highest BCUT2D eigenvalue weighted by molar-refractivity contribution is 5.90. The standard InChI is InChI=1S/C19H21N3O2/c1-2-3-11-22(19(23)24)17-4-5-18-16(13-17)8-12-21(18)14-15-6-9-20-10-7-15/h4-10,12-13H,2-3,11,14H2,1H3,(H,23,24)/p-1. The molecule has 0 N–H and O–H groups in total. The zero-order valence-corrected chi connectivity index (χ0v) is 13.7. The Hall–Kier alpha value is -2.82. The fraction of sp³-hybridized carbons (Fsp3) is 0.263. The van der Waals surface area contributed by atoms with Crippen LogP contribution in [0.5, 0.6) is 0 Å². The Balaban J connectivity index is 1.88. The smallest absolute Gasteiger partial charge is 0.141 e. The first-order chi connectivity index (χ1) is 11.7. The lowest BCUT2D eigenvalue weighted by molar-refractivity contribution is -0.246. The summed E-state index contributed by atoms with van der Waals surface area (Å²) in [6.07, 6.45) is 6.18. The normalized spacial score (nSPS) is 10.9. The molecule has 0 radical (unpaired) electrons. The van der Waals surface area contributed by atoms with Crippen LogP contribution in [0, 0.1) is 0 Å². The molecule has 2 heterocycles. The van der Waals surface area contributed by atoms with E-state index in [0.717, 1.165) is 30.3 Å². The van der Waals surface area contributed by atoms with Crippen molar-refractivity contribution in [1.82, 2.24) is 9.55 Å². The van der Waals surface area contributed by atoms with E-state index >= 15 is 0 Å². The van der Waals surface area contributed by atoms with E-state index in [1.807, 2.05) is 49.5 Å². The van der Waals surface area contributed by atoms with Crippen LogP contribution < -0.4 is 10.0 Å². The number of anilines is 1. The summed E-state index contributed by atoms with van der Waals surface area (Å²) >= 11 is 0. The molecule has 0 aliphatic rings. The molecule has 3 aromatic rings. The van der Waals surface area contributed by atoms with Gasteiger partial charge < -0.3 is 19.4 Å². The van der Waals surface area contributed by atoms with Crippen LogP contribution in [0.2, 0.25) is 0 Å². The number of rotatable bonds is 6. The molecule has 24 heavy (non-hydrogen) atoms. The Morgan fingerprint density at radius 2 is 2.00 bits per heavy atom. The second-order valence-electron chi connectivity index (χ2n) is 5.81. The molecule has 0 spiro atoms. The van der Waals surface area contributed by atoms with E-state index in [0.29, 0.717) is 12.2 Å². The maximum Gasteiger partial charge on any atom is 0.141 e. The van der Waals surface area contributed by atoms with Crippen molar-refractivity contribution < 1.29 is 9.90 Å². The van der Waals surface area contributed by atoms with Crippen LogP contribution in [0.1, 0.15) is 25.3 Å². The summed E-state index contributed by atoms with van der Waals surface area (Å²) in [6.45, 7) is 3.25. The number of benzene rings is 1. The van der Waals surface area contributed by atoms with Gasteiger partial charge in [0, 0.05) is 48.3 Å². The third-order valence-electron chi connectivity index (χ3n) is 4.12. The minimum Gasteiger partial charge on any atom is -0.530 e. The summed E-state index contributed by atoms with van der Waals surface area (Å²) in [5.74, 6) is 0. The molecule has 0 aliphatic carbocycles. The topological polar surface area (TPSA) is 61.2 Å². The van der Waals surface area contributed by atoms with Crippen LogP contribution in [0.4, 0.5) is 10.5 Å². The van der Waals surface area contributed by atoms with Crippen molar-refractivity contribution in [3.63, 3.8) is 0 Å². The first-order valence-corrected chi connectivity index (χ1v) is 8.15. The Kier molecular flexibility index (Phi) is 4.79. The van der Waals surface area contributed by atoms with Gasteiger partial charge in [-0.3, -0.25) is 4.98 Å². The third-order valence-corrected chi connectivity index (χ3v) is 4.12. The highest BCUT2D eigenvalue weighted by Crippen LogP contribution is 2.24. The number of aromatic nitrogens is 2. The van der Waals surface area contributed by atoms with Crippen LogP contribution >= 0.6 is 0 Å². The largest absolute Gasteiger partial charge is 0.530 e. The van der Waals surface area contributed by atoms with Gasteiger partial charge in [0.25, 0.3) is 0 Å². The fourth-order valence-corrected chi connectivity index (χ4v) is 2.82. The molecule has 0 saturated carbocycles. The molecule has 0 aliphatic heterocycles. The van der Waals surface area contributed by atoms with Gasteiger partial charge in [-0.1, -0.05) is 13.3 Å². The first kappa shape index (κ1) is 16.1. The molecule has 0 fully saturated rings. The molecule has 1 aromatic carbocycles. The predicted molar refractivity (Wildman–Crippen MR) is 92.9 cm³/mol. The molecule has 5 nitrogen and oxygen atoms in total. The van der Waals surface area contributed by atoms with Crippen LogP contribution in [-0.4, -0.2) is 22.2 Å². The summed E-state index contributed by atoms with van der Waals surface area (Å²) in [6, 6.07) is 11.7. The van der Waals surface area contributed by atoms with Crippen LogP contribution in [0.25, 0.3) is 10.9 Å². The van der Waals surface area contributed by atoms with Crippen molar-refractivity contribution in [2.75, 3.05) is 11.4 Å². The maximum atomic E-state index is 11.4. The highest BCUT2D eigenvalue weighted by Gasteiger charge is 2.09. The predicted octanol–water partition coefficient (Wildman–Crippen LogP) is 3.03. The van der Waals surface area contributed by atoms with E-state index in [9.17, 15) is 9.90 Å². The van der Waals surface area contributed by atoms with Crippen molar-refractivity contribution in [2.24, 2.45) is 0 Å². The van der Waals surface area contributed by atoms with E-state index < -0.39 is 6.09 Å². The van der Waals surface area contributed by atoms with E-state index in [4.69, 9.17) is 0 Å². The Morgan fingerprint density at radius 3 is 2.71 bits per heavy atom. The second-order valence-corrected chi connectivity index (χ2v) is 5.81. The molecule has 0 atom stereocenters. The number of hydrogen-bond donors (Lipinski definition) is 0. The van der Waals surface area contributed by atoms with Gasteiger partial charge in [-0.25, -0.2) is 0 Å². The number of pyridine rings is 1. The Labute approximate surface area is 141 Å². The molecular weight excluding hydrogens is 302 g/mol. The van der Waals surface area contributed by atoms with E-state index in [2.05, 4.69) is 9.55 Å². The number of carboxylic acid groups (broad SMARTS) is 1. The van der Waals surface area contributed by atoms with Gasteiger partial charge in [0.2, 0.25) is 0 Å². The average molecular weight is 322 g/mol. The summed E-state index contributed by atoms with van der Waals surface area (Å²) < 4.78 is 2.14. The second kappa shape index (κ2) is 7.17. The first-order valence-electron chi connectivity index (χ1n) is 8.15. The van der Waals surface area contributed by atoms with Gasteiger partial charge in [0.1, 0.15) is 6.09 Å². The van der Waals surface area contributed by atoms with Crippen LogP contribution in [0.3, 0.4) is 0 Å². The fourth-order valence-electron chi connectivity index (χ4n) is 2.82. The molecule has 2 aromatic heterocycles. The molecule has 0 bridgehead atoms. The van der Waals surface area contributed by atoms with Crippen molar-refractivity contribution in [2.45, 2.75) is 26.3 Å². The van der Waals surface area contributed by atoms with Crippen molar-refractivity contribution in [1.29, 1.82) is 0 Å². The monoisotopic (exact) mass is 322 g/mol. The van der Waals surface area contributed by atoms with E-state index in [1.54, 1.807) is 12.4 Å². The third kappa shape index (κ3) is 3.40. The number of fused-ring (bicyclic) bond motifs is 1. The summed E-state index contributed by atoms with van der Waals surface area (Å²) in [4.78, 5) is 16.7. The molecule has 3 rings (SSSR count). The number of amides is 1. The summed E-state index contributed by atoms with van der Waals surface area (Å²) in [5, 5.41) is 12.4. The van der Waals surface area contributed by atoms with E-state index in [-0.39, 0.29) is 0 Å². The van der Waals surface area contributed by atoms with E-state index in [1.165, 1.54) is 10.5 Å². The molecular formula is C19H20N3O2-. The lowest BCUT2D eigenvalue weighted by atomic mass is 10.2. The molecule has 0 saturated heterocycles. The number of carbonyl (C=O) groups excluding carboxylic acids is 1. The van der Waals surface area contributed by atoms with Crippen molar-refractivity contribution in [3.8, 4) is 0 Å². The van der Waals surface area contributed by atoms with Crippen molar-refractivity contribution in [3.05, 3.63) is 60.6 Å². The molecule has 124 valence electrons. The molecule has 0 unspecified atom stereocenters. The Bertz CT molecular complexity index is 827. The lowest BCUT2D eigenvalue weighted by Gasteiger charge is -2.25. The Morgan fingerprint density at radius 1 is 1.21 bits per heavy atom. The lowest BCUT2D eigenvalue weighted by Crippen LogP contribution is -2.41. The maximum absolute atomic E-state index is 11.4. The minimum absolute atomic E-state index is 0.460. The number of hydrogen-bond acceptors (Lipinski definition) is 3. The number of unbranched alkanes of at least 4 members (excludes halogenated alkanes) is 1. The summed E-state index contributed by atoms with van der Waals surface area (Å²) in [7, 11) is 0. The SMILES string of the molecule is CCCCN(C(=O)[O-])c1ccc2c(ccn2Cc2ccncc2)c1. The van der Waals surface area contributed by atoms with Crippen LogP contribution in [-0.2, 0) is 6.54 Å². The minimum atomic E-state index is -1.15. The average Bonchev–Trinajstić information content (AvgIpc) is 2.98. The molecule has 5 heteroatoms. The number of nitrogens with zero attached hydrogens (tertiary/aromatic N) is 3. The number of carbonyl (C=O) groups is 1. The van der Waals surface area contributed by atoms with Gasteiger partial charge in [0.15, 0.2) is 0 Å². The highest BCUT2D eigenvalue weighted by atomic mass is 16.4.